The SMILES string of the molecule is Cc1cccn2cc(-c3ccc(CC(CCO)NC(=O)c4ccc(OC(C)C)c(Cl)c4Cl)cc3)nc12. The number of imidazole rings is 1. The number of hydrogen-bond donors (Lipinski definition) is 2. The van der Waals surface area contributed by atoms with E-state index < -0.39 is 0 Å². The van der Waals surface area contributed by atoms with Gasteiger partial charge in [0.05, 0.1) is 22.4 Å². The number of ether oxygens (including phenoxy) is 1. The number of hydrogen-bond acceptors (Lipinski definition) is 4. The summed E-state index contributed by atoms with van der Waals surface area (Å²) >= 11 is 12.7. The Kier molecular flexibility index (Phi) is 8.19. The van der Waals surface area contributed by atoms with E-state index in [1.807, 2.05) is 74.0 Å². The number of rotatable bonds is 9. The molecule has 188 valence electrons. The summed E-state index contributed by atoms with van der Waals surface area (Å²) in [5.74, 6) is 0.0779. The number of carbonyl (C=O) groups excluding carboxylic acids is 1. The third-order valence-electron chi connectivity index (χ3n) is 5.88. The molecule has 4 rings (SSSR count). The molecule has 0 bridgehead atoms. The van der Waals surface area contributed by atoms with Crippen LogP contribution in [-0.4, -0.2) is 39.2 Å². The number of benzene rings is 2. The van der Waals surface area contributed by atoms with Crippen molar-refractivity contribution in [3.63, 3.8) is 0 Å². The molecule has 0 saturated heterocycles. The maximum absolute atomic E-state index is 13.0. The standard InChI is InChI=1S/C28H29Cl2N3O3/c1-17(2)36-24-11-10-22(25(29)26(24)30)28(35)31-21(12-14-34)15-19-6-8-20(9-7-19)23-16-33-13-4-5-18(3)27(33)32-23/h4-11,13,16-17,21,34H,12,14-15H2,1-3H3,(H,31,35). The number of aliphatic hydroxyl groups is 1. The molecule has 0 aliphatic carbocycles. The maximum Gasteiger partial charge on any atom is 0.253 e. The lowest BCUT2D eigenvalue weighted by atomic mass is 10.0. The molecule has 1 atom stereocenters. The highest BCUT2D eigenvalue weighted by Crippen LogP contribution is 2.35. The summed E-state index contributed by atoms with van der Waals surface area (Å²) in [5, 5.41) is 12.9. The molecule has 2 aromatic carbocycles. The van der Waals surface area contributed by atoms with Crippen molar-refractivity contribution in [1.82, 2.24) is 14.7 Å². The van der Waals surface area contributed by atoms with Crippen LogP contribution in [0.4, 0.5) is 0 Å². The van der Waals surface area contributed by atoms with Crippen molar-refractivity contribution in [2.24, 2.45) is 0 Å². The maximum atomic E-state index is 13.0. The fourth-order valence-electron chi connectivity index (χ4n) is 4.09. The van der Waals surface area contributed by atoms with Crippen molar-refractivity contribution < 1.29 is 14.6 Å². The number of halogens is 2. The van der Waals surface area contributed by atoms with E-state index in [0.717, 1.165) is 28.0 Å². The van der Waals surface area contributed by atoms with E-state index in [0.29, 0.717) is 18.6 Å². The fourth-order valence-corrected chi connectivity index (χ4v) is 4.54. The topological polar surface area (TPSA) is 75.9 Å². The van der Waals surface area contributed by atoms with Gasteiger partial charge in [-0.25, -0.2) is 4.98 Å². The minimum absolute atomic E-state index is 0.0563. The molecule has 0 aliphatic heterocycles. The number of aliphatic hydroxyl groups excluding tert-OH is 1. The summed E-state index contributed by atoms with van der Waals surface area (Å²) in [6.45, 7) is 5.75. The molecule has 0 aliphatic rings. The highest BCUT2D eigenvalue weighted by Gasteiger charge is 2.20. The Labute approximate surface area is 220 Å². The first-order chi connectivity index (χ1) is 17.3. The Morgan fingerprint density at radius 1 is 1.11 bits per heavy atom. The molecule has 1 amide bonds. The average molecular weight is 526 g/mol. The summed E-state index contributed by atoms with van der Waals surface area (Å²) in [5.41, 5.74) is 5.25. The zero-order valence-electron chi connectivity index (χ0n) is 20.5. The smallest absolute Gasteiger partial charge is 0.253 e. The quantitative estimate of drug-likeness (QED) is 0.275. The van der Waals surface area contributed by atoms with Gasteiger partial charge in [-0.1, -0.05) is 53.5 Å². The molecule has 6 nitrogen and oxygen atoms in total. The second kappa shape index (κ2) is 11.3. The second-order valence-corrected chi connectivity index (χ2v) is 9.79. The Balaban J connectivity index is 1.47. The Morgan fingerprint density at radius 2 is 1.86 bits per heavy atom. The van der Waals surface area contributed by atoms with Gasteiger partial charge in [-0.2, -0.15) is 0 Å². The monoisotopic (exact) mass is 525 g/mol. The predicted molar refractivity (Wildman–Crippen MR) is 144 cm³/mol. The van der Waals surface area contributed by atoms with Crippen LogP contribution in [-0.2, 0) is 6.42 Å². The van der Waals surface area contributed by atoms with E-state index in [2.05, 4.69) is 5.32 Å². The molecule has 1 unspecified atom stereocenters. The van der Waals surface area contributed by atoms with Gasteiger partial charge in [0, 0.05) is 30.6 Å². The van der Waals surface area contributed by atoms with Gasteiger partial charge in [0.1, 0.15) is 16.4 Å². The number of pyridine rings is 1. The van der Waals surface area contributed by atoms with Crippen LogP contribution in [0.15, 0.2) is 60.9 Å². The Hall–Kier alpha value is -3.06. The lowest BCUT2D eigenvalue weighted by molar-refractivity contribution is 0.0930. The first-order valence-electron chi connectivity index (χ1n) is 11.9. The molecule has 2 heterocycles. The van der Waals surface area contributed by atoms with Crippen molar-refractivity contribution in [3.05, 3.63) is 87.7 Å². The normalized spacial score (nSPS) is 12.2. The van der Waals surface area contributed by atoms with Crippen LogP contribution >= 0.6 is 23.2 Å². The van der Waals surface area contributed by atoms with Gasteiger partial charge in [-0.15, -0.1) is 0 Å². The van der Waals surface area contributed by atoms with E-state index >= 15 is 0 Å². The zero-order chi connectivity index (χ0) is 25.8. The molecule has 4 aromatic rings. The minimum Gasteiger partial charge on any atom is -0.489 e. The van der Waals surface area contributed by atoms with Gasteiger partial charge in [0.25, 0.3) is 5.91 Å². The lowest BCUT2D eigenvalue weighted by Gasteiger charge is -2.19. The summed E-state index contributed by atoms with van der Waals surface area (Å²) in [7, 11) is 0. The second-order valence-electron chi connectivity index (χ2n) is 9.04. The third kappa shape index (κ3) is 5.84. The van der Waals surface area contributed by atoms with Gasteiger partial charge in [0.15, 0.2) is 0 Å². The Morgan fingerprint density at radius 3 is 2.53 bits per heavy atom. The lowest BCUT2D eigenvalue weighted by Crippen LogP contribution is -2.37. The predicted octanol–water partition coefficient (Wildman–Crippen LogP) is 6.13. The highest BCUT2D eigenvalue weighted by atomic mass is 35.5. The van der Waals surface area contributed by atoms with Crippen LogP contribution in [0.5, 0.6) is 5.75 Å². The van der Waals surface area contributed by atoms with E-state index in [1.54, 1.807) is 12.1 Å². The number of aryl methyl sites for hydroxylation is 1. The number of aromatic nitrogens is 2. The summed E-state index contributed by atoms with van der Waals surface area (Å²) in [6, 6.07) is 15.1. The molecular weight excluding hydrogens is 497 g/mol. The van der Waals surface area contributed by atoms with Gasteiger partial charge in [-0.3, -0.25) is 4.79 Å². The summed E-state index contributed by atoms with van der Waals surface area (Å²) < 4.78 is 7.65. The first kappa shape index (κ1) is 26.0. The molecule has 0 spiro atoms. The molecule has 0 saturated carbocycles. The van der Waals surface area contributed by atoms with Gasteiger partial charge >= 0.3 is 0 Å². The average Bonchev–Trinajstić information content (AvgIpc) is 3.28. The number of amides is 1. The third-order valence-corrected chi connectivity index (χ3v) is 6.74. The highest BCUT2D eigenvalue weighted by molar-refractivity contribution is 6.44. The fraction of sp³-hybridized carbons (Fsp3) is 0.286. The van der Waals surface area contributed by atoms with E-state index in [1.165, 1.54) is 0 Å². The molecule has 0 radical (unpaired) electrons. The van der Waals surface area contributed by atoms with Crippen LogP contribution < -0.4 is 10.1 Å². The van der Waals surface area contributed by atoms with Crippen LogP contribution in [0.25, 0.3) is 16.9 Å². The zero-order valence-corrected chi connectivity index (χ0v) is 22.0. The summed E-state index contributed by atoms with van der Waals surface area (Å²) in [4.78, 5) is 17.7. The molecule has 36 heavy (non-hydrogen) atoms. The van der Waals surface area contributed by atoms with Crippen molar-refractivity contribution in [2.75, 3.05) is 6.61 Å². The van der Waals surface area contributed by atoms with Crippen molar-refractivity contribution in [3.8, 4) is 17.0 Å². The van der Waals surface area contributed by atoms with E-state index in [9.17, 15) is 9.90 Å². The molecule has 2 aromatic heterocycles. The number of nitrogens with one attached hydrogen (secondary N) is 1. The molecular formula is C28H29Cl2N3O3. The van der Waals surface area contributed by atoms with Crippen LogP contribution in [0.1, 0.15) is 41.8 Å². The summed E-state index contributed by atoms with van der Waals surface area (Å²) in [6.07, 6.45) is 4.88. The van der Waals surface area contributed by atoms with Crippen LogP contribution in [0.2, 0.25) is 10.0 Å². The van der Waals surface area contributed by atoms with Gasteiger partial charge < -0.3 is 19.6 Å². The molecule has 0 fully saturated rings. The number of nitrogens with zero attached hydrogens (tertiary/aromatic N) is 2. The van der Waals surface area contributed by atoms with Crippen molar-refractivity contribution in [1.29, 1.82) is 0 Å². The van der Waals surface area contributed by atoms with E-state index in [4.69, 9.17) is 32.9 Å². The first-order valence-corrected chi connectivity index (χ1v) is 12.6. The van der Waals surface area contributed by atoms with Crippen molar-refractivity contribution in [2.45, 2.75) is 45.8 Å². The van der Waals surface area contributed by atoms with Gasteiger partial charge in [-0.05, 0) is 62.9 Å². The van der Waals surface area contributed by atoms with E-state index in [-0.39, 0.29) is 40.3 Å². The molecule has 2 N–H and O–H groups in total. The van der Waals surface area contributed by atoms with Crippen LogP contribution in [0, 0.1) is 6.92 Å². The van der Waals surface area contributed by atoms with Crippen LogP contribution in [0.3, 0.4) is 0 Å². The number of carbonyl (C=O) groups is 1. The Bertz CT molecular complexity index is 1370. The van der Waals surface area contributed by atoms with Crippen molar-refractivity contribution >= 4 is 34.8 Å². The largest absolute Gasteiger partial charge is 0.489 e. The van der Waals surface area contributed by atoms with Gasteiger partial charge in [0.2, 0.25) is 0 Å². The molecule has 8 heteroatoms. The minimum atomic E-state index is -0.354. The number of fused-ring (bicyclic) bond motifs is 1.